The number of hydrogen-bond acceptors (Lipinski definition) is 1. The average Bonchev–Trinajstić information content (AvgIpc) is 2.19. The molecule has 1 aromatic heterocycles. The van der Waals surface area contributed by atoms with Gasteiger partial charge in [-0.1, -0.05) is 18.2 Å². The van der Waals surface area contributed by atoms with Crippen LogP contribution in [0.5, 0.6) is 0 Å². The molecule has 2 aromatic rings. The van der Waals surface area contributed by atoms with Gasteiger partial charge in [-0.25, -0.2) is 4.39 Å². The highest BCUT2D eigenvalue weighted by molar-refractivity contribution is 5.58. The second kappa shape index (κ2) is 3.58. The van der Waals surface area contributed by atoms with Crippen LogP contribution in [0, 0.1) is 12.7 Å². The third-order valence-electron chi connectivity index (χ3n) is 2.03. The van der Waals surface area contributed by atoms with Gasteiger partial charge in [0.1, 0.15) is 5.82 Å². The number of rotatable bonds is 1. The number of aryl methyl sites for hydroxylation is 1. The van der Waals surface area contributed by atoms with Crippen molar-refractivity contribution in [3.63, 3.8) is 0 Å². The lowest BCUT2D eigenvalue weighted by Crippen LogP contribution is -1.84. The molecule has 1 aromatic carbocycles. The van der Waals surface area contributed by atoms with Crippen LogP contribution < -0.4 is 0 Å². The summed E-state index contributed by atoms with van der Waals surface area (Å²) in [6.07, 6.45) is 1.78. The summed E-state index contributed by atoms with van der Waals surface area (Å²) in [5.74, 6) is -0.232. The van der Waals surface area contributed by atoms with Crippen LogP contribution in [-0.2, 0) is 0 Å². The van der Waals surface area contributed by atoms with E-state index in [-0.39, 0.29) is 5.82 Å². The van der Waals surface area contributed by atoms with E-state index in [9.17, 15) is 4.39 Å². The van der Waals surface area contributed by atoms with Crippen molar-refractivity contribution in [1.29, 1.82) is 0 Å². The summed E-state index contributed by atoms with van der Waals surface area (Å²) < 4.78 is 12.9. The molecule has 0 aliphatic heterocycles. The SMILES string of the molecule is Cc1ccc(-c2cccc(F)c2)nc1. The van der Waals surface area contributed by atoms with E-state index in [0.717, 1.165) is 16.8 Å². The Kier molecular flexibility index (Phi) is 2.27. The van der Waals surface area contributed by atoms with E-state index in [1.165, 1.54) is 12.1 Å². The number of nitrogens with zero attached hydrogens (tertiary/aromatic N) is 1. The van der Waals surface area contributed by atoms with Crippen LogP contribution in [-0.4, -0.2) is 4.98 Å². The molecular formula is C12H10FN. The molecule has 2 rings (SSSR count). The number of halogens is 1. The Hall–Kier alpha value is -1.70. The zero-order valence-electron chi connectivity index (χ0n) is 7.87. The first-order chi connectivity index (χ1) is 6.75. The second-order valence-electron chi connectivity index (χ2n) is 3.23. The predicted octanol–water partition coefficient (Wildman–Crippen LogP) is 3.20. The summed E-state index contributed by atoms with van der Waals surface area (Å²) in [5.41, 5.74) is 2.71. The summed E-state index contributed by atoms with van der Waals surface area (Å²) in [6.45, 7) is 1.97. The topological polar surface area (TPSA) is 12.9 Å². The minimum Gasteiger partial charge on any atom is -0.256 e. The maximum atomic E-state index is 12.9. The molecule has 2 heteroatoms. The highest BCUT2D eigenvalue weighted by Gasteiger charge is 1.99. The van der Waals surface area contributed by atoms with Gasteiger partial charge >= 0.3 is 0 Å². The van der Waals surface area contributed by atoms with Crippen LogP contribution in [0.3, 0.4) is 0 Å². The lowest BCUT2D eigenvalue weighted by molar-refractivity contribution is 0.628. The maximum absolute atomic E-state index is 12.9. The molecule has 0 fully saturated rings. The van der Waals surface area contributed by atoms with E-state index in [0.29, 0.717) is 0 Å². The summed E-state index contributed by atoms with van der Waals surface area (Å²) >= 11 is 0. The average molecular weight is 187 g/mol. The molecule has 1 nitrogen and oxygen atoms in total. The molecule has 0 atom stereocenters. The lowest BCUT2D eigenvalue weighted by atomic mass is 10.1. The molecule has 0 amide bonds. The van der Waals surface area contributed by atoms with Crippen LogP contribution in [0.4, 0.5) is 4.39 Å². The van der Waals surface area contributed by atoms with Gasteiger partial charge in [0.2, 0.25) is 0 Å². The van der Waals surface area contributed by atoms with Gasteiger partial charge in [-0.05, 0) is 30.7 Å². The fourth-order valence-corrected chi connectivity index (χ4v) is 1.29. The largest absolute Gasteiger partial charge is 0.256 e. The van der Waals surface area contributed by atoms with Crippen molar-refractivity contribution in [2.24, 2.45) is 0 Å². The van der Waals surface area contributed by atoms with Gasteiger partial charge in [-0.2, -0.15) is 0 Å². The first-order valence-corrected chi connectivity index (χ1v) is 4.44. The quantitative estimate of drug-likeness (QED) is 0.668. The smallest absolute Gasteiger partial charge is 0.123 e. The van der Waals surface area contributed by atoms with Crippen LogP contribution >= 0.6 is 0 Å². The van der Waals surface area contributed by atoms with Crippen molar-refractivity contribution >= 4 is 0 Å². The molecule has 0 unspecified atom stereocenters. The van der Waals surface area contributed by atoms with Crippen LogP contribution in [0.1, 0.15) is 5.56 Å². The molecule has 0 bridgehead atoms. The van der Waals surface area contributed by atoms with Crippen molar-refractivity contribution in [3.05, 3.63) is 54.0 Å². The van der Waals surface area contributed by atoms with Crippen molar-refractivity contribution in [1.82, 2.24) is 4.98 Å². The predicted molar refractivity (Wildman–Crippen MR) is 54.4 cm³/mol. The van der Waals surface area contributed by atoms with Crippen LogP contribution in [0.25, 0.3) is 11.3 Å². The first kappa shape index (κ1) is 8.88. The molecule has 70 valence electrons. The summed E-state index contributed by atoms with van der Waals surface area (Å²) in [6, 6.07) is 10.3. The summed E-state index contributed by atoms with van der Waals surface area (Å²) in [4.78, 5) is 4.22. The van der Waals surface area contributed by atoms with E-state index in [2.05, 4.69) is 4.98 Å². The number of benzene rings is 1. The zero-order valence-corrected chi connectivity index (χ0v) is 7.87. The molecule has 0 aliphatic rings. The maximum Gasteiger partial charge on any atom is 0.123 e. The molecule has 0 saturated carbocycles. The minimum atomic E-state index is -0.232. The highest BCUT2D eigenvalue weighted by Crippen LogP contribution is 2.17. The van der Waals surface area contributed by atoms with E-state index in [1.54, 1.807) is 12.3 Å². The lowest BCUT2D eigenvalue weighted by Gasteiger charge is -2.00. The number of pyridine rings is 1. The van der Waals surface area contributed by atoms with Gasteiger partial charge in [0, 0.05) is 11.8 Å². The Morgan fingerprint density at radius 2 is 2.00 bits per heavy atom. The van der Waals surface area contributed by atoms with Crippen molar-refractivity contribution in [2.75, 3.05) is 0 Å². The zero-order chi connectivity index (χ0) is 9.97. The molecular weight excluding hydrogens is 177 g/mol. The number of hydrogen-bond donors (Lipinski definition) is 0. The highest BCUT2D eigenvalue weighted by atomic mass is 19.1. The molecule has 1 heterocycles. The van der Waals surface area contributed by atoms with E-state index in [4.69, 9.17) is 0 Å². The standard InChI is InChI=1S/C12H10FN/c1-9-5-6-12(14-8-9)10-3-2-4-11(13)7-10/h2-8H,1H3. The van der Waals surface area contributed by atoms with Gasteiger partial charge in [0.25, 0.3) is 0 Å². The molecule has 0 spiro atoms. The fourth-order valence-electron chi connectivity index (χ4n) is 1.29. The van der Waals surface area contributed by atoms with Gasteiger partial charge in [0.15, 0.2) is 0 Å². The Labute approximate surface area is 82.2 Å². The van der Waals surface area contributed by atoms with E-state index in [1.807, 2.05) is 25.1 Å². The molecule has 14 heavy (non-hydrogen) atoms. The van der Waals surface area contributed by atoms with Crippen molar-refractivity contribution in [3.8, 4) is 11.3 Å². The molecule has 0 radical (unpaired) electrons. The summed E-state index contributed by atoms with van der Waals surface area (Å²) in [5, 5.41) is 0. The minimum absolute atomic E-state index is 0.232. The molecule has 0 saturated heterocycles. The summed E-state index contributed by atoms with van der Waals surface area (Å²) in [7, 11) is 0. The number of aromatic nitrogens is 1. The Bertz CT molecular complexity index is 434. The fraction of sp³-hybridized carbons (Fsp3) is 0.0833. The Morgan fingerprint density at radius 3 is 2.64 bits per heavy atom. The normalized spacial score (nSPS) is 10.1. The van der Waals surface area contributed by atoms with Gasteiger partial charge in [-0.3, -0.25) is 4.98 Å². The molecule has 0 aliphatic carbocycles. The van der Waals surface area contributed by atoms with Crippen LogP contribution in [0.2, 0.25) is 0 Å². The monoisotopic (exact) mass is 187 g/mol. The molecule has 0 N–H and O–H groups in total. The van der Waals surface area contributed by atoms with E-state index < -0.39 is 0 Å². The van der Waals surface area contributed by atoms with Crippen LogP contribution in [0.15, 0.2) is 42.6 Å². The van der Waals surface area contributed by atoms with Crippen molar-refractivity contribution < 1.29 is 4.39 Å². The Balaban J connectivity index is 2.44. The van der Waals surface area contributed by atoms with E-state index >= 15 is 0 Å². The van der Waals surface area contributed by atoms with Gasteiger partial charge in [-0.15, -0.1) is 0 Å². The third-order valence-corrected chi connectivity index (χ3v) is 2.03. The second-order valence-corrected chi connectivity index (χ2v) is 3.23. The third kappa shape index (κ3) is 1.79. The Morgan fingerprint density at radius 1 is 1.14 bits per heavy atom. The van der Waals surface area contributed by atoms with Gasteiger partial charge < -0.3 is 0 Å². The first-order valence-electron chi connectivity index (χ1n) is 4.44. The van der Waals surface area contributed by atoms with Gasteiger partial charge in [0.05, 0.1) is 5.69 Å². The van der Waals surface area contributed by atoms with Crippen molar-refractivity contribution in [2.45, 2.75) is 6.92 Å².